The van der Waals surface area contributed by atoms with Crippen molar-refractivity contribution in [1.29, 1.82) is 10.5 Å². The molecule has 0 aliphatic heterocycles. The molecule has 0 amide bonds. The summed E-state index contributed by atoms with van der Waals surface area (Å²) in [5.41, 5.74) is 12.5. The first-order chi connectivity index (χ1) is 42.6. The minimum absolute atomic E-state index is 0.308. The molecule has 0 spiro atoms. The maximum absolute atomic E-state index is 12.1. The van der Waals surface area contributed by atoms with E-state index in [9.17, 15) is 10.5 Å². The van der Waals surface area contributed by atoms with Crippen molar-refractivity contribution in [3.8, 4) is 56.6 Å². The number of nitrogens with zero attached hydrogens (tertiary/aromatic N) is 10. The van der Waals surface area contributed by atoms with Gasteiger partial charge in [-0.05, 0) is 146 Å². The Morgan fingerprint density at radius 2 is 0.372 bits per heavy atom. The summed E-state index contributed by atoms with van der Waals surface area (Å²) < 4.78 is 0. The van der Waals surface area contributed by atoms with E-state index >= 15 is 0 Å². The molecule has 0 fully saturated rings. The van der Waals surface area contributed by atoms with E-state index < -0.39 is 0 Å². The molecular weight excluding hydrogens is 1050 g/mol. The average molecular weight is 1110 g/mol. The molecule has 10 heteroatoms. The number of anilines is 12. The standard InChI is InChI=1S/C76H52N10/c77-49-67-73(55-41-45-69(79-51-55)83(59-25-9-1-10-26-59)60-27-11-2-12-28-60)74(56-42-46-70(80-52-56)84(61-29-13-3-14-30-61)62-31-15-4-16-32-62)68(50-78)76(58-44-48-72(82-54-58)86(65-37-21-7-22-38-65)66-39-23-8-24-40-66)75(67)57-43-47-71(81-53-57)85(63-33-17-5-18-34-63)64-35-19-6-20-36-64/h1-48,51-54H. The van der Waals surface area contributed by atoms with E-state index in [0.717, 1.165) is 45.5 Å². The van der Waals surface area contributed by atoms with Gasteiger partial charge in [0.05, 0.1) is 11.1 Å². The molecule has 0 bridgehead atoms. The molecule has 0 unspecified atom stereocenters. The Morgan fingerprint density at radius 1 is 0.209 bits per heavy atom. The molecule has 0 aliphatic rings. The first kappa shape index (κ1) is 53.1. The number of nitriles is 2. The number of benzene rings is 9. The van der Waals surface area contributed by atoms with Gasteiger partial charge in [-0.1, -0.05) is 146 Å². The zero-order chi connectivity index (χ0) is 58.0. The highest BCUT2D eigenvalue weighted by Crippen LogP contribution is 2.50. The van der Waals surface area contributed by atoms with Crippen LogP contribution in [0.5, 0.6) is 0 Å². The van der Waals surface area contributed by atoms with Crippen LogP contribution in [0.3, 0.4) is 0 Å². The van der Waals surface area contributed by atoms with Crippen LogP contribution in [-0.4, -0.2) is 19.9 Å². The third-order valence-electron chi connectivity index (χ3n) is 14.9. The summed E-state index contributed by atoms with van der Waals surface area (Å²) in [5, 5.41) is 24.2. The lowest BCUT2D eigenvalue weighted by Gasteiger charge is -2.27. The summed E-state index contributed by atoms with van der Waals surface area (Å²) in [4.78, 5) is 29.2. The van der Waals surface area contributed by atoms with Crippen LogP contribution in [-0.2, 0) is 0 Å². The molecule has 0 atom stereocenters. The third-order valence-corrected chi connectivity index (χ3v) is 14.9. The van der Waals surface area contributed by atoms with E-state index in [0.29, 0.717) is 78.9 Å². The fourth-order valence-corrected chi connectivity index (χ4v) is 11.1. The number of hydrogen-bond donors (Lipinski definition) is 0. The van der Waals surface area contributed by atoms with Crippen LogP contribution in [0.15, 0.2) is 316 Å². The van der Waals surface area contributed by atoms with Crippen molar-refractivity contribution < 1.29 is 0 Å². The van der Waals surface area contributed by atoms with Crippen molar-refractivity contribution in [3.63, 3.8) is 0 Å². The Morgan fingerprint density at radius 3 is 0.500 bits per heavy atom. The second kappa shape index (κ2) is 24.5. The third kappa shape index (κ3) is 10.6. The quantitative estimate of drug-likeness (QED) is 0.0927. The number of hydrogen-bond acceptors (Lipinski definition) is 10. The van der Waals surface area contributed by atoms with E-state index in [1.165, 1.54) is 0 Å². The number of pyridine rings is 4. The Hall–Kier alpha value is -12.2. The predicted molar refractivity (Wildman–Crippen MR) is 348 cm³/mol. The van der Waals surface area contributed by atoms with Crippen molar-refractivity contribution in [1.82, 2.24) is 19.9 Å². The second-order valence-corrected chi connectivity index (χ2v) is 20.1. The molecule has 0 N–H and O–H groups in total. The largest absolute Gasteiger partial charge is 0.295 e. The van der Waals surface area contributed by atoms with Crippen molar-refractivity contribution in [2.75, 3.05) is 19.6 Å². The highest BCUT2D eigenvalue weighted by molar-refractivity contribution is 6.04. The van der Waals surface area contributed by atoms with Crippen LogP contribution in [0.2, 0.25) is 0 Å². The van der Waals surface area contributed by atoms with Gasteiger partial charge in [0.1, 0.15) is 35.4 Å². The van der Waals surface area contributed by atoms with Crippen LogP contribution < -0.4 is 19.6 Å². The highest BCUT2D eigenvalue weighted by atomic mass is 15.2. The van der Waals surface area contributed by atoms with Gasteiger partial charge >= 0.3 is 0 Å². The predicted octanol–water partition coefficient (Wildman–Crippen LogP) is 19.6. The molecule has 4 aromatic heterocycles. The van der Waals surface area contributed by atoms with Gasteiger partial charge in [0.15, 0.2) is 0 Å². The van der Waals surface area contributed by atoms with Crippen molar-refractivity contribution in [3.05, 3.63) is 327 Å². The molecule has 4 heterocycles. The van der Waals surface area contributed by atoms with Crippen LogP contribution >= 0.6 is 0 Å². The minimum Gasteiger partial charge on any atom is -0.295 e. The van der Waals surface area contributed by atoms with Gasteiger partial charge < -0.3 is 0 Å². The van der Waals surface area contributed by atoms with E-state index in [-0.39, 0.29) is 0 Å². The smallest absolute Gasteiger partial charge is 0.137 e. The van der Waals surface area contributed by atoms with Crippen molar-refractivity contribution >= 4 is 68.8 Å². The van der Waals surface area contributed by atoms with Crippen molar-refractivity contribution in [2.24, 2.45) is 0 Å². The van der Waals surface area contributed by atoms with Gasteiger partial charge in [0.25, 0.3) is 0 Å². The Labute approximate surface area is 500 Å². The lowest BCUT2D eigenvalue weighted by Crippen LogP contribution is -2.12. The molecule has 0 saturated heterocycles. The van der Waals surface area contributed by atoms with Gasteiger partial charge in [-0.25, -0.2) is 19.9 Å². The molecule has 13 aromatic rings. The Balaban J connectivity index is 1.06. The Bertz CT molecular complexity index is 3750. The Kier molecular flexibility index (Phi) is 15.1. The van der Waals surface area contributed by atoms with Crippen LogP contribution in [0.4, 0.5) is 68.8 Å². The van der Waals surface area contributed by atoms with Gasteiger partial charge in [0, 0.05) is 115 Å². The highest BCUT2D eigenvalue weighted by Gasteiger charge is 2.30. The normalized spacial score (nSPS) is 10.8. The number of aromatic nitrogens is 4. The van der Waals surface area contributed by atoms with Crippen molar-refractivity contribution in [2.45, 2.75) is 0 Å². The summed E-state index contributed by atoms with van der Waals surface area (Å²) in [6.45, 7) is 0. The van der Waals surface area contributed by atoms with E-state index in [1.54, 1.807) is 24.8 Å². The molecule has 9 aromatic carbocycles. The van der Waals surface area contributed by atoms with Gasteiger partial charge in [-0.3, -0.25) is 19.6 Å². The lowest BCUT2D eigenvalue weighted by molar-refractivity contribution is 1.17. The summed E-state index contributed by atoms with van der Waals surface area (Å²) in [6.07, 6.45) is 7.18. The number of rotatable bonds is 16. The van der Waals surface area contributed by atoms with Gasteiger partial charge in [-0.15, -0.1) is 0 Å². The zero-order valence-electron chi connectivity index (χ0n) is 46.5. The maximum Gasteiger partial charge on any atom is 0.137 e. The summed E-state index contributed by atoms with van der Waals surface area (Å²) in [5.74, 6) is 2.63. The van der Waals surface area contributed by atoms with E-state index in [2.05, 4.69) is 31.7 Å². The molecule has 0 saturated carbocycles. The molecule has 406 valence electrons. The topological polar surface area (TPSA) is 112 Å². The summed E-state index contributed by atoms with van der Waals surface area (Å²) >= 11 is 0. The van der Waals surface area contributed by atoms with Gasteiger partial charge in [0.2, 0.25) is 0 Å². The molecule has 0 radical (unpaired) electrons. The van der Waals surface area contributed by atoms with Crippen LogP contribution in [0.25, 0.3) is 44.5 Å². The lowest BCUT2D eigenvalue weighted by atomic mass is 9.79. The summed E-state index contributed by atoms with van der Waals surface area (Å²) in [6, 6.07) is 102. The first-order valence-electron chi connectivity index (χ1n) is 28.1. The fourth-order valence-electron chi connectivity index (χ4n) is 11.1. The molecule has 86 heavy (non-hydrogen) atoms. The van der Waals surface area contributed by atoms with Crippen LogP contribution in [0.1, 0.15) is 11.1 Å². The SMILES string of the molecule is N#Cc1c(-c2ccc(N(c3ccccc3)c3ccccc3)nc2)c(-c2ccc(N(c3ccccc3)c3ccccc3)nc2)c(C#N)c(-c2ccc(N(c3ccccc3)c3ccccc3)nc2)c1-c1ccc(N(c2ccccc2)c2ccccc2)nc1. The zero-order valence-corrected chi connectivity index (χ0v) is 46.5. The minimum atomic E-state index is 0.308. The second-order valence-electron chi connectivity index (χ2n) is 20.1. The summed E-state index contributed by atoms with van der Waals surface area (Å²) in [7, 11) is 0. The maximum atomic E-state index is 12.1. The molecule has 13 rings (SSSR count). The monoisotopic (exact) mass is 1100 g/mol. The van der Waals surface area contributed by atoms with Crippen LogP contribution in [0, 0.1) is 22.7 Å². The van der Waals surface area contributed by atoms with E-state index in [1.807, 2.05) is 291 Å². The average Bonchev–Trinajstić information content (AvgIpc) is 0.992. The molecule has 0 aliphatic carbocycles. The molecular formula is C76H52N10. The van der Waals surface area contributed by atoms with E-state index in [4.69, 9.17) is 19.9 Å². The van der Waals surface area contributed by atoms with Gasteiger partial charge in [-0.2, -0.15) is 10.5 Å². The fraction of sp³-hybridized carbons (Fsp3) is 0. The first-order valence-corrected chi connectivity index (χ1v) is 28.1. The number of para-hydroxylation sites is 8. The molecule has 10 nitrogen and oxygen atoms in total.